The second-order valence-corrected chi connectivity index (χ2v) is 9.27. The van der Waals surface area contributed by atoms with E-state index in [0.717, 1.165) is 17.7 Å². The van der Waals surface area contributed by atoms with Gasteiger partial charge in [0.15, 0.2) is 0 Å². The monoisotopic (exact) mass is 509 g/mol. The number of amides is 1. The van der Waals surface area contributed by atoms with Gasteiger partial charge in [-0.05, 0) is 37.6 Å². The molecule has 1 heterocycles. The normalized spacial score (nSPS) is 15.5. The molecule has 166 valence electrons. The molecule has 0 aromatic heterocycles. The molecule has 0 spiro atoms. The lowest BCUT2D eigenvalue weighted by molar-refractivity contribution is -0.144. The molecule has 0 aliphatic carbocycles. The number of unbranched alkanes of at least 4 members (excludes halogenated alkanes) is 1. The van der Waals surface area contributed by atoms with E-state index >= 15 is 0 Å². The fraction of sp³-hybridized carbons (Fsp3) is 0.391. The predicted octanol–water partition coefficient (Wildman–Crippen LogP) is 5.73. The number of ether oxygens (including phenoxy) is 2. The first kappa shape index (κ1) is 23.6. The van der Waals surface area contributed by atoms with Crippen LogP contribution in [0.15, 0.2) is 45.8 Å². The standard InChI is InChI=1S/C23H25BrFNO4S/c1-3-5-10-30-22(27)13-21-23(28)26(14-15-6-7-16(24)11-18(15)25)19-12-17(29-4-2)8-9-20(19)31-21/h6-9,11-12,21H,3-5,10,13-14H2,1-2H3. The van der Waals surface area contributed by atoms with E-state index in [1.165, 1.54) is 22.7 Å². The first-order valence-corrected chi connectivity index (χ1v) is 11.9. The zero-order valence-corrected chi connectivity index (χ0v) is 19.9. The van der Waals surface area contributed by atoms with Crippen LogP contribution in [0.4, 0.5) is 10.1 Å². The van der Waals surface area contributed by atoms with Crippen molar-refractivity contribution in [3.8, 4) is 5.75 Å². The molecule has 8 heteroatoms. The lowest BCUT2D eigenvalue weighted by Gasteiger charge is -2.34. The molecule has 0 N–H and O–H groups in total. The second-order valence-electron chi connectivity index (χ2n) is 7.11. The van der Waals surface area contributed by atoms with Crippen LogP contribution in [0.25, 0.3) is 0 Å². The van der Waals surface area contributed by atoms with E-state index in [0.29, 0.717) is 34.7 Å². The van der Waals surface area contributed by atoms with Crippen molar-refractivity contribution in [1.82, 2.24) is 0 Å². The molecule has 1 aliphatic rings. The molecule has 0 bridgehead atoms. The fourth-order valence-electron chi connectivity index (χ4n) is 3.21. The van der Waals surface area contributed by atoms with Gasteiger partial charge < -0.3 is 14.4 Å². The Morgan fingerprint density at radius 2 is 2.03 bits per heavy atom. The van der Waals surface area contributed by atoms with Crippen LogP contribution in [-0.4, -0.2) is 30.3 Å². The van der Waals surface area contributed by atoms with Gasteiger partial charge in [-0.1, -0.05) is 35.3 Å². The number of rotatable bonds is 9. The Kier molecular flexibility index (Phi) is 8.37. The van der Waals surface area contributed by atoms with Crippen LogP contribution in [-0.2, 0) is 20.9 Å². The van der Waals surface area contributed by atoms with E-state index in [9.17, 15) is 14.0 Å². The lowest BCUT2D eigenvalue weighted by Crippen LogP contribution is -2.41. The van der Waals surface area contributed by atoms with E-state index in [1.807, 2.05) is 26.0 Å². The maximum Gasteiger partial charge on any atom is 0.307 e. The minimum absolute atomic E-state index is 0.0286. The van der Waals surface area contributed by atoms with Gasteiger partial charge in [0.25, 0.3) is 0 Å². The van der Waals surface area contributed by atoms with E-state index < -0.39 is 17.0 Å². The molecule has 0 saturated heterocycles. The average molecular weight is 510 g/mol. The SMILES string of the molecule is CCCCOC(=O)CC1Sc2ccc(OCC)cc2N(Cc2ccc(Br)cc2F)C1=O. The number of fused-ring (bicyclic) bond motifs is 1. The molecular weight excluding hydrogens is 485 g/mol. The number of nitrogens with zero attached hydrogens (tertiary/aromatic N) is 1. The average Bonchev–Trinajstić information content (AvgIpc) is 2.73. The minimum atomic E-state index is -0.627. The third-order valence-corrected chi connectivity index (χ3v) is 6.54. The van der Waals surface area contributed by atoms with Crippen molar-refractivity contribution in [2.75, 3.05) is 18.1 Å². The molecule has 1 unspecified atom stereocenters. The Hall–Kier alpha value is -2.06. The highest BCUT2D eigenvalue weighted by atomic mass is 79.9. The van der Waals surface area contributed by atoms with Gasteiger partial charge in [-0.15, -0.1) is 11.8 Å². The number of esters is 1. The van der Waals surface area contributed by atoms with Crippen LogP contribution in [0, 0.1) is 5.82 Å². The Morgan fingerprint density at radius 1 is 1.23 bits per heavy atom. The molecule has 0 fully saturated rings. The molecule has 1 aliphatic heterocycles. The third kappa shape index (κ3) is 6.01. The van der Waals surface area contributed by atoms with Crippen molar-refractivity contribution in [2.45, 2.75) is 49.8 Å². The van der Waals surface area contributed by atoms with Gasteiger partial charge in [0.2, 0.25) is 5.91 Å². The number of benzene rings is 2. The molecule has 0 saturated carbocycles. The Balaban J connectivity index is 1.89. The summed E-state index contributed by atoms with van der Waals surface area (Å²) in [4.78, 5) is 28.0. The van der Waals surface area contributed by atoms with E-state index in [1.54, 1.807) is 18.2 Å². The zero-order valence-electron chi connectivity index (χ0n) is 17.5. The highest BCUT2D eigenvalue weighted by molar-refractivity contribution is 9.10. The summed E-state index contributed by atoms with van der Waals surface area (Å²) in [6.45, 7) is 4.80. The van der Waals surface area contributed by atoms with Crippen molar-refractivity contribution >= 4 is 45.3 Å². The van der Waals surface area contributed by atoms with Crippen molar-refractivity contribution in [2.24, 2.45) is 0 Å². The Bertz CT molecular complexity index is 955. The molecule has 1 amide bonds. The Morgan fingerprint density at radius 3 is 2.74 bits per heavy atom. The van der Waals surface area contributed by atoms with Crippen molar-refractivity contribution < 1.29 is 23.5 Å². The van der Waals surface area contributed by atoms with E-state index in [4.69, 9.17) is 9.47 Å². The number of carbonyl (C=O) groups is 2. The topological polar surface area (TPSA) is 55.8 Å². The summed E-state index contributed by atoms with van der Waals surface area (Å²) >= 11 is 4.59. The number of halogens is 2. The van der Waals surface area contributed by atoms with Gasteiger partial charge in [0.05, 0.1) is 37.1 Å². The van der Waals surface area contributed by atoms with Crippen LogP contribution in [0.2, 0.25) is 0 Å². The molecule has 5 nitrogen and oxygen atoms in total. The van der Waals surface area contributed by atoms with Crippen molar-refractivity contribution in [3.63, 3.8) is 0 Å². The van der Waals surface area contributed by atoms with Gasteiger partial charge in [0, 0.05) is 21.0 Å². The molecule has 0 radical (unpaired) electrons. The lowest BCUT2D eigenvalue weighted by atomic mass is 10.1. The first-order valence-electron chi connectivity index (χ1n) is 10.3. The maximum absolute atomic E-state index is 14.5. The number of anilines is 1. The van der Waals surface area contributed by atoms with Crippen molar-refractivity contribution in [1.29, 1.82) is 0 Å². The van der Waals surface area contributed by atoms with Gasteiger partial charge in [0.1, 0.15) is 11.6 Å². The third-order valence-electron chi connectivity index (χ3n) is 4.80. The molecule has 2 aromatic rings. The highest BCUT2D eigenvalue weighted by Crippen LogP contribution is 2.43. The molecule has 1 atom stereocenters. The largest absolute Gasteiger partial charge is 0.494 e. The quantitative estimate of drug-likeness (QED) is 0.319. The van der Waals surface area contributed by atoms with Crippen molar-refractivity contribution in [3.05, 3.63) is 52.3 Å². The molecular formula is C23H25BrFNO4S. The summed E-state index contributed by atoms with van der Waals surface area (Å²) < 4.78 is 26.0. The molecule has 3 rings (SSSR count). The van der Waals surface area contributed by atoms with Crippen LogP contribution < -0.4 is 9.64 Å². The Labute approximate surface area is 194 Å². The van der Waals surface area contributed by atoms with Crippen LogP contribution >= 0.6 is 27.7 Å². The number of thioether (sulfide) groups is 1. The number of hydrogen-bond acceptors (Lipinski definition) is 5. The summed E-state index contributed by atoms with van der Waals surface area (Å²) in [5, 5.41) is -0.627. The maximum atomic E-state index is 14.5. The minimum Gasteiger partial charge on any atom is -0.494 e. The summed E-state index contributed by atoms with van der Waals surface area (Å²) in [5.41, 5.74) is 1.04. The number of carbonyl (C=O) groups excluding carboxylic acids is 2. The summed E-state index contributed by atoms with van der Waals surface area (Å²) in [7, 11) is 0. The smallest absolute Gasteiger partial charge is 0.307 e. The van der Waals surface area contributed by atoms with Crippen LogP contribution in [0.5, 0.6) is 5.75 Å². The zero-order chi connectivity index (χ0) is 22.4. The predicted molar refractivity (Wildman–Crippen MR) is 123 cm³/mol. The number of hydrogen-bond donors (Lipinski definition) is 0. The summed E-state index contributed by atoms with van der Waals surface area (Å²) in [6, 6.07) is 10.3. The summed E-state index contributed by atoms with van der Waals surface area (Å²) in [5.74, 6) is -0.420. The van der Waals surface area contributed by atoms with E-state index in [-0.39, 0.29) is 18.9 Å². The first-order chi connectivity index (χ1) is 14.9. The fourth-order valence-corrected chi connectivity index (χ4v) is 4.74. The highest BCUT2D eigenvalue weighted by Gasteiger charge is 2.36. The van der Waals surface area contributed by atoms with E-state index in [2.05, 4.69) is 15.9 Å². The molecule has 2 aromatic carbocycles. The van der Waals surface area contributed by atoms with Gasteiger partial charge >= 0.3 is 5.97 Å². The van der Waals surface area contributed by atoms with Gasteiger partial charge in [-0.2, -0.15) is 0 Å². The van der Waals surface area contributed by atoms with Crippen LogP contribution in [0.3, 0.4) is 0 Å². The second kappa shape index (κ2) is 11.0. The van der Waals surface area contributed by atoms with Crippen LogP contribution in [0.1, 0.15) is 38.7 Å². The molecule has 31 heavy (non-hydrogen) atoms. The van der Waals surface area contributed by atoms with Gasteiger partial charge in [-0.3, -0.25) is 9.59 Å². The van der Waals surface area contributed by atoms with Gasteiger partial charge in [-0.25, -0.2) is 4.39 Å². The summed E-state index contributed by atoms with van der Waals surface area (Å²) in [6.07, 6.45) is 1.68.